The highest BCUT2D eigenvalue weighted by molar-refractivity contribution is 7.89. The molecule has 21 heavy (non-hydrogen) atoms. The average Bonchev–Trinajstić information content (AvgIpc) is 3.16. The van der Waals surface area contributed by atoms with Crippen LogP contribution in [-0.2, 0) is 10.0 Å². The molecule has 1 saturated heterocycles. The minimum atomic E-state index is -3.67. The zero-order chi connectivity index (χ0) is 15.2. The Kier molecular flexibility index (Phi) is 3.54. The van der Waals surface area contributed by atoms with Crippen LogP contribution in [0, 0.1) is 0 Å². The van der Waals surface area contributed by atoms with Crippen LogP contribution in [0.3, 0.4) is 0 Å². The van der Waals surface area contributed by atoms with Gasteiger partial charge in [0.1, 0.15) is 10.6 Å². The fraction of sp³-hybridized carbons (Fsp3) is 0.615. The first kappa shape index (κ1) is 14.6. The summed E-state index contributed by atoms with van der Waals surface area (Å²) in [6, 6.07) is 1.22. The Bertz CT molecular complexity index is 663. The van der Waals surface area contributed by atoms with Gasteiger partial charge in [-0.25, -0.2) is 13.2 Å². The van der Waals surface area contributed by atoms with Crippen molar-refractivity contribution in [3.63, 3.8) is 0 Å². The molecule has 3 N–H and O–H groups in total. The van der Waals surface area contributed by atoms with Gasteiger partial charge in [-0.1, -0.05) is 0 Å². The van der Waals surface area contributed by atoms with Crippen LogP contribution >= 0.6 is 0 Å². The molecule has 1 saturated carbocycles. The highest BCUT2D eigenvalue weighted by Crippen LogP contribution is 2.37. The number of aromatic carboxylic acids is 1. The largest absolute Gasteiger partial charge is 0.477 e. The van der Waals surface area contributed by atoms with Crippen molar-refractivity contribution in [2.75, 3.05) is 13.1 Å². The molecule has 0 bridgehead atoms. The van der Waals surface area contributed by atoms with Gasteiger partial charge in [-0.2, -0.15) is 4.31 Å². The van der Waals surface area contributed by atoms with Gasteiger partial charge in [0, 0.05) is 31.4 Å². The summed E-state index contributed by atoms with van der Waals surface area (Å²) in [6.07, 6.45) is 4.79. The third-order valence-corrected chi connectivity index (χ3v) is 5.87. The number of carboxylic acid groups (broad SMARTS) is 1. The maximum absolute atomic E-state index is 12.6. The predicted molar refractivity (Wildman–Crippen MR) is 75.6 cm³/mol. The summed E-state index contributed by atoms with van der Waals surface area (Å²) >= 11 is 0. The van der Waals surface area contributed by atoms with Crippen molar-refractivity contribution in [3.8, 4) is 0 Å². The number of aromatic nitrogens is 1. The molecule has 7 nitrogen and oxygen atoms in total. The Morgan fingerprint density at radius 3 is 2.62 bits per heavy atom. The summed E-state index contributed by atoms with van der Waals surface area (Å²) < 4.78 is 28.2. The number of carboxylic acids is 1. The van der Waals surface area contributed by atoms with Gasteiger partial charge in [0.15, 0.2) is 0 Å². The number of hydrogen-bond acceptors (Lipinski definition) is 4. The zero-order valence-electron chi connectivity index (χ0n) is 11.6. The molecule has 8 heteroatoms. The van der Waals surface area contributed by atoms with E-state index in [4.69, 9.17) is 5.73 Å². The third kappa shape index (κ3) is 2.70. The SMILES string of the molecule is NC1CCCN(S(=O)(=O)c2cc(C(=O)O)n(C3CC3)c2)C1. The second-order valence-electron chi connectivity index (χ2n) is 5.77. The van der Waals surface area contributed by atoms with Crippen molar-refractivity contribution in [2.45, 2.75) is 42.7 Å². The predicted octanol–water partition coefficient (Wildman–Crippen LogP) is 0.633. The van der Waals surface area contributed by atoms with E-state index in [1.54, 1.807) is 4.57 Å². The quantitative estimate of drug-likeness (QED) is 0.848. The standard InChI is InChI=1S/C13H19N3O4S/c14-9-2-1-5-15(7-9)21(19,20)11-6-12(13(17)18)16(8-11)10-3-4-10/h6,8-10H,1-5,7,14H2,(H,17,18). The third-order valence-electron chi connectivity index (χ3n) is 4.04. The highest BCUT2D eigenvalue weighted by Gasteiger charge is 2.34. The lowest BCUT2D eigenvalue weighted by molar-refractivity contribution is 0.0685. The van der Waals surface area contributed by atoms with E-state index in [9.17, 15) is 18.3 Å². The van der Waals surface area contributed by atoms with Crippen molar-refractivity contribution in [1.82, 2.24) is 8.87 Å². The molecule has 2 fully saturated rings. The molecule has 2 heterocycles. The van der Waals surface area contributed by atoms with Crippen molar-refractivity contribution in [3.05, 3.63) is 18.0 Å². The number of rotatable bonds is 4. The van der Waals surface area contributed by atoms with E-state index in [1.807, 2.05) is 0 Å². The summed E-state index contributed by atoms with van der Waals surface area (Å²) in [5.74, 6) is -1.10. The van der Waals surface area contributed by atoms with E-state index < -0.39 is 16.0 Å². The number of nitrogens with zero attached hydrogens (tertiary/aromatic N) is 2. The van der Waals surface area contributed by atoms with Gasteiger partial charge >= 0.3 is 5.97 Å². The molecule has 0 radical (unpaired) electrons. The minimum Gasteiger partial charge on any atom is -0.477 e. The Labute approximate surface area is 123 Å². The number of nitrogens with two attached hydrogens (primary N) is 1. The van der Waals surface area contributed by atoms with E-state index in [1.165, 1.54) is 16.6 Å². The monoisotopic (exact) mass is 313 g/mol. The van der Waals surface area contributed by atoms with Gasteiger partial charge in [-0.15, -0.1) is 0 Å². The summed E-state index contributed by atoms with van der Waals surface area (Å²) in [4.78, 5) is 11.3. The van der Waals surface area contributed by atoms with Crippen LogP contribution in [0.1, 0.15) is 42.2 Å². The highest BCUT2D eigenvalue weighted by atomic mass is 32.2. The number of piperidine rings is 1. The molecule has 0 spiro atoms. The molecule has 1 aliphatic heterocycles. The minimum absolute atomic E-state index is 0.0392. The molecule has 2 aliphatic rings. The van der Waals surface area contributed by atoms with Crippen molar-refractivity contribution < 1.29 is 18.3 Å². The van der Waals surface area contributed by atoms with Gasteiger partial charge in [0.25, 0.3) is 0 Å². The summed E-state index contributed by atoms with van der Waals surface area (Å²) in [6.45, 7) is 0.729. The molecular weight excluding hydrogens is 294 g/mol. The van der Waals surface area contributed by atoms with Crippen LogP contribution in [-0.4, -0.2) is 47.5 Å². The molecule has 0 aromatic carbocycles. The first-order valence-electron chi connectivity index (χ1n) is 7.10. The van der Waals surface area contributed by atoms with Crippen LogP contribution in [0.5, 0.6) is 0 Å². The molecule has 1 atom stereocenters. The van der Waals surface area contributed by atoms with Crippen LogP contribution in [0.2, 0.25) is 0 Å². The smallest absolute Gasteiger partial charge is 0.352 e. The second-order valence-corrected chi connectivity index (χ2v) is 7.71. The Morgan fingerprint density at radius 1 is 1.33 bits per heavy atom. The van der Waals surface area contributed by atoms with E-state index in [2.05, 4.69) is 0 Å². The van der Waals surface area contributed by atoms with Crippen LogP contribution in [0.4, 0.5) is 0 Å². The van der Waals surface area contributed by atoms with Crippen LogP contribution < -0.4 is 5.73 Å². The topological polar surface area (TPSA) is 106 Å². The Balaban J connectivity index is 1.95. The molecule has 1 unspecified atom stereocenters. The van der Waals surface area contributed by atoms with Gasteiger partial charge in [0.05, 0.1) is 0 Å². The summed E-state index contributed by atoms with van der Waals surface area (Å²) in [7, 11) is -3.67. The molecule has 3 rings (SSSR count). The number of hydrogen-bond donors (Lipinski definition) is 2. The van der Waals surface area contributed by atoms with Crippen molar-refractivity contribution >= 4 is 16.0 Å². The average molecular weight is 313 g/mol. The van der Waals surface area contributed by atoms with Gasteiger partial charge in [-0.05, 0) is 31.7 Å². The lowest BCUT2D eigenvalue weighted by Crippen LogP contribution is -2.45. The number of sulfonamides is 1. The van der Waals surface area contributed by atoms with Crippen LogP contribution in [0.15, 0.2) is 17.2 Å². The fourth-order valence-corrected chi connectivity index (χ4v) is 4.33. The van der Waals surface area contributed by atoms with Crippen LogP contribution in [0.25, 0.3) is 0 Å². The van der Waals surface area contributed by atoms with Crippen molar-refractivity contribution in [1.29, 1.82) is 0 Å². The van der Waals surface area contributed by atoms with E-state index in [0.717, 1.165) is 25.7 Å². The van der Waals surface area contributed by atoms with Gasteiger partial charge < -0.3 is 15.4 Å². The van der Waals surface area contributed by atoms with E-state index in [0.29, 0.717) is 13.1 Å². The maximum Gasteiger partial charge on any atom is 0.352 e. The maximum atomic E-state index is 12.6. The Morgan fingerprint density at radius 2 is 2.05 bits per heavy atom. The summed E-state index contributed by atoms with van der Waals surface area (Å²) in [5, 5.41) is 9.22. The Hall–Kier alpha value is -1.38. The normalized spacial score (nSPS) is 24.1. The first-order chi connectivity index (χ1) is 9.89. The van der Waals surface area contributed by atoms with E-state index in [-0.39, 0.29) is 22.7 Å². The zero-order valence-corrected chi connectivity index (χ0v) is 12.4. The van der Waals surface area contributed by atoms with E-state index >= 15 is 0 Å². The summed E-state index contributed by atoms with van der Waals surface area (Å²) in [5.41, 5.74) is 5.88. The van der Waals surface area contributed by atoms with Gasteiger partial charge in [0.2, 0.25) is 10.0 Å². The fourth-order valence-electron chi connectivity index (χ4n) is 2.76. The molecule has 1 aromatic rings. The molecule has 116 valence electrons. The molecular formula is C13H19N3O4S. The molecule has 0 amide bonds. The van der Waals surface area contributed by atoms with Gasteiger partial charge in [-0.3, -0.25) is 0 Å². The lowest BCUT2D eigenvalue weighted by atomic mass is 10.1. The molecule has 1 aliphatic carbocycles. The second kappa shape index (κ2) is 5.11. The first-order valence-corrected chi connectivity index (χ1v) is 8.54. The lowest BCUT2D eigenvalue weighted by Gasteiger charge is -2.29. The van der Waals surface area contributed by atoms with Crippen molar-refractivity contribution in [2.24, 2.45) is 5.73 Å². The molecule has 1 aromatic heterocycles. The number of carbonyl (C=O) groups is 1.